The van der Waals surface area contributed by atoms with E-state index in [-0.39, 0.29) is 5.97 Å². The molecule has 16 heavy (non-hydrogen) atoms. The Morgan fingerprint density at radius 2 is 2.12 bits per heavy atom. The van der Waals surface area contributed by atoms with E-state index in [1.807, 2.05) is 30.3 Å². The van der Waals surface area contributed by atoms with Gasteiger partial charge in [-0.3, -0.25) is 4.79 Å². The Morgan fingerprint density at radius 3 is 2.75 bits per heavy atom. The molecule has 1 aliphatic heterocycles. The second-order valence-corrected chi connectivity index (χ2v) is 3.64. The van der Waals surface area contributed by atoms with Crippen LogP contribution in [0.15, 0.2) is 30.3 Å². The number of rotatable bonds is 1. The Labute approximate surface area is 94.0 Å². The van der Waals surface area contributed by atoms with Crippen molar-refractivity contribution in [2.24, 2.45) is 5.92 Å². The summed E-state index contributed by atoms with van der Waals surface area (Å²) in [6.07, 6.45) is -0.390. The van der Waals surface area contributed by atoms with Crippen LogP contribution in [-0.2, 0) is 9.53 Å². The Bertz CT molecular complexity index is 427. The molecule has 0 unspecified atom stereocenters. The lowest BCUT2D eigenvalue weighted by atomic mass is 10.0. The third-order valence-corrected chi connectivity index (χ3v) is 2.50. The van der Waals surface area contributed by atoms with Gasteiger partial charge in [-0.05, 0) is 18.6 Å². The highest BCUT2D eigenvalue weighted by atomic mass is 16.5. The molecule has 0 amide bonds. The van der Waals surface area contributed by atoms with Gasteiger partial charge in [0, 0.05) is 5.56 Å². The minimum absolute atomic E-state index is 0.352. The second kappa shape index (κ2) is 4.82. The quantitative estimate of drug-likeness (QED) is 0.562. The fraction of sp³-hybridized carbons (Fsp3) is 0.308. The number of carbonyl (C=O) groups excluding carboxylic acids is 1. The molecule has 1 fully saturated rings. The molecule has 1 heterocycles. The van der Waals surface area contributed by atoms with Crippen LogP contribution in [-0.4, -0.2) is 23.8 Å². The van der Waals surface area contributed by atoms with Crippen LogP contribution >= 0.6 is 0 Å². The molecule has 1 N–H and O–H groups in total. The molecule has 0 radical (unpaired) electrons. The molecule has 0 bridgehead atoms. The van der Waals surface area contributed by atoms with Gasteiger partial charge in [0.15, 0.2) is 0 Å². The van der Waals surface area contributed by atoms with Crippen molar-refractivity contribution in [2.75, 3.05) is 6.61 Å². The van der Waals surface area contributed by atoms with Crippen molar-refractivity contribution in [3.8, 4) is 11.8 Å². The first-order valence-electron chi connectivity index (χ1n) is 5.18. The molecule has 1 saturated heterocycles. The van der Waals surface area contributed by atoms with Crippen molar-refractivity contribution < 1.29 is 14.6 Å². The smallest absolute Gasteiger partial charge is 0.312 e. The van der Waals surface area contributed by atoms with Crippen molar-refractivity contribution in [1.29, 1.82) is 0 Å². The van der Waals surface area contributed by atoms with E-state index in [1.165, 1.54) is 0 Å². The van der Waals surface area contributed by atoms with Crippen LogP contribution in [0.3, 0.4) is 0 Å². The molecular formula is C13H12O3. The summed E-state index contributed by atoms with van der Waals surface area (Å²) in [5.41, 5.74) is 0.827. The normalized spacial score (nSPS) is 20.8. The van der Waals surface area contributed by atoms with E-state index < -0.39 is 12.0 Å². The van der Waals surface area contributed by atoms with Gasteiger partial charge in [-0.1, -0.05) is 30.0 Å². The first kappa shape index (κ1) is 10.7. The lowest BCUT2D eigenvalue weighted by Gasteiger charge is -2.06. The number of esters is 1. The van der Waals surface area contributed by atoms with Gasteiger partial charge in [-0.15, -0.1) is 0 Å². The van der Waals surface area contributed by atoms with E-state index >= 15 is 0 Å². The van der Waals surface area contributed by atoms with Gasteiger partial charge >= 0.3 is 5.97 Å². The standard InChI is InChI=1S/C13H12O3/c14-12(11-8-9-16-13(11)15)7-6-10-4-2-1-3-5-10/h1-5,11-12,14H,8-9H2/t11-,12+/m0/s1. The summed E-state index contributed by atoms with van der Waals surface area (Å²) >= 11 is 0. The number of ether oxygens (including phenoxy) is 1. The van der Waals surface area contributed by atoms with Crippen LogP contribution in [0.4, 0.5) is 0 Å². The van der Waals surface area contributed by atoms with Gasteiger partial charge in [0.25, 0.3) is 0 Å². The third kappa shape index (κ3) is 2.41. The molecule has 1 aromatic carbocycles. The first-order valence-corrected chi connectivity index (χ1v) is 5.18. The highest BCUT2D eigenvalue weighted by Crippen LogP contribution is 2.17. The van der Waals surface area contributed by atoms with Crippen molar-refractivity contribution >= 4 is 5.97 Å². The summed E-state index contributed by atoms with van der Waals surface area (Å²) < 4.78 is 4.77. The Hall–Kier alpha value is -1.79. The Morgan fingerprint density at radius 1 is 1.38 bits per heavy atom. The van der Waals surface area contributed by atoms with Crippen LogP contribution in [0, 0.1) is 17.8 Å². The summed E-state index contributed by atoms with van der Waals surface area (Å²) in [5, 5.41) is 9.71. The van der Waals surface area contributed by atoms with Gasteiger partial charge in [-0.2, -0.15) is 0 Å². The molecule has 82 valence electrons. The maximum Gasteiger partial charge on any atom is 0.312 e. The molecule has 3 heteroatoms. The van der Waals surface area contributed by atoms with Crippen molar-refractivity contribution in [3.05, 3.63) is 35.9 Å². The third-order valence-electron chi connectivity index (χ3n) is 2.50. The van der Waals surface area contributed by atoms with Crippen LogP contribution in [0.25, 0.3) is 0 Å². The van der Waals surface area contributed by atoms with Crippen LogP contribution in [0.5, 0.6) is 0 Å². The molecule has 2 rings (SSSR count). The van der Waals surface area contributed by atoms with E-state index in [9.17, 15) is 9.90 Å². The SMILES string of the molecule is O=C1OCC[C@H]1[C@H](O)C#Cc1ccccc1. The molecule has 0 saturated carbocycles. The molecule has 1 aromatic rings. The highest BCUT2D eigenvalue weighted by Gasteiger charge is 2.32. The molecular weight excluding hydrogens is 204 g/mol. The van der Waals surface area contributed by atoms with Gasteiger partial charge in [0.05, 0.1) is 12.5 Å². The van der Waals surface area contributed by atoms with Gasteiger partial charge in [0.2, 0.25) is 0 Å². The largest absolute Gasteiger partial charge is 0.465 e. The summed E-state index contributed by atoms with van der Waals surface area (Å²) in [5.74, 6) is 4.67. The van der Waals surface area contributed by atoms with E-state index in [0.717, 1.165) is 5.56 Å². The first-order chi connectivity index (χ1) is 7.77. The number of aliphatic hydroxyl groups is 1. The highest BCUT2D eigenvalue weighted by molar-refractivity contribution is 5.75. The molecule has 2 atom stereocenters. The average molecular weight is 216 g/mol. The minimum Gasteiger partial charge on any atom is -0.465 e. The molecule has 0 spiro atoms. The number of hydrogen-bond donors (Lipinski definition) is 1. The summed E-state index contributed by atoms with van der Waals surface area (Å²) in [7, 11) is 0. The molecule has 0 aliphatic carbocycles. The summed E-state index contributed by atoms with van der Waals surface area (Å²) in [4.78, 5) is 11.2. The Kier molecular flexibility index (Phi) is 3.23. The van der Waals surface area contributed by atoms with Crippen molar-refractivity contribution in [2.45, 2.75) is 12.5 Å². The molecule has 3 nitrogen and oxygen atoms in total. The topological polar surface area (TPSA) is 46.5 Å². The summed E-state index contributed by atoms with van der Waals surface area (Å²) in [6.45, 7) is 0.383. The maximum atomic E-state index is 11.2. The van der Waals surface area contributed by atoms with Crippen LogP contribution in [0.1, 0.15) is 12.0 Å². The van der Waals surface area contributed by atoms with Gasteiger partial charge < -0.3 is 9.84 Å². The zero-order valence-electron chi connectivity index (χ0n) is 8.72. The van der Waals surface area contributed by atoms with E-state index in [1.54, 1.807) is 0 Å². The Balaban J connectivity index is 2.05. The summed E-state index contributed by atoms with van der Waals surface area (Å²) in [6, 6.07) is 9.36. The maximum absolute atomic E-state index is 11.2. The lowest BCUT2D eigenvalue weighted by Crippen LogP contribution is -2.22. The molecule has 0 aromatic heterocycles. The zero-order valence-corrected chi connectivity index (χ0v) is 8.72. The average Bonchev–Trinajstić information content (AvgIpc) is 2.74. The van der Waals surface area contributed by atoms with Gasteiger partial charge in [-0.25, -0.2) is 0 Å². The van der Waals surface area contributed by atoms with E-state index in [4.69, 9.17) is 4.74 Å². The monoisotopic (exact) mass is 216 g/mol. The lowest BCUT2D eigenvalue weighted by molar-refractivity contribution is -0.143. The zero-order chi connectivity index (χ0) is 11.4. The number of benzene rings is 1. The number of aliphatic hydroxyl groups excluding tert-OH is 1. The van der Waals surface area contributed by atoms with Crippen LogP contribution < -0.4 is 0 Å². The van der Waals surface area contributed by atoms with E-state index in [0.29, 0.717) is 13.0 Å². The number of hydrogen-bond acceptors (Lipinski definition) is 3. The minimum atomic E-state index is -0.935. The predicted octanol–water partition coefficient (Wildman–Crippen LogP) is 0.962. The molecule has 1 aliphatic rings. The van der Waals surface area contributed by atoms with Crippen molar-refractivity contribution in [1.82, 2.24) is 0 Å². The van der Waals surface area contributed by atoms with E-state index in [2.05, 4.69) is 11.8 Å². The fourth-order valence-electron chi connectivity index (χ4n) is 1.58. The fourth-order valence-corrected chi connectivity index (χ4v) is 1.58. The number of cyclic esters (lactones) is 1. The second-order valence-electron chi connectivity index (χ2n) is 3.64. The predicted molar refractivity (Wildman–Crippen MR) is 58.4 cm³/mol. The number of carbonyl (C=O) groups is 1. The van der Waals surface area contributed by atoms with Crippen molar-refractivity contribution in [3.63, 3.8) is 0 Å². The van der Waals surface area contributed by atoms with Crippen LogP contribution in [0.2, 0.25) is 0 Å². The van der Waals surface area contributed by atoms with Gasteiger partial charge in [0.1, 0.15) is 6.10 Å².